The van der Waals surface area contributed by atoms with Gasteiger partial charge >= 0.3 is 0 Å². The Hall–Kier alpha value is -5.34. The summed E-state index contributed by atoms with van der Waals surface area (Å²) in [4.78, 5) is 41.2. The van der Waals surface area contributed by atoms with Gasteiger partial charge in [-0.3, -0.25) is 19.1 Å². The Morgan fingerprint density at radius 1 is 0.727 bits per heavy atom. The normalized spacial score (nSPS) is 11.7. The highest BCUT2D eigenvalue weighted by Crippen LogP contribution is 2.37. The van der Waals surface area contributed by atoms with Crippen molar-refractivity contribution in [1.82, 2.24) is 9.36 Å². The fraction of sp³-hybridized carbons (Fsp3) is 0.0833. The number of amides is 2. The number of nitrogens with one attached hydrogen (secondary N) is 2. The van der Waals surface area contributed by atoms with Crippen molar-refractivity contribution in [2.75, 3.05) is 10.6 Å². The molecule has 0 bridgehead atoms. The second-order valence-electron chi connectivity index (χ2n) is 10.4. The van der Waals surface area contributed by atoms with Crippen LogP contribution >= 0.6 is 11.8 Å². The first-order valence-electron chi connectivity index (χ1n) is 14.2. The maximum atomic E-state index is 13.9. The predicted octanol–water partition coefficient (Wildman–Crippen LogP) is 7.36. The average molecular weight is 599 g/mol. The number of carbonyl (C=O) groups excluding carboxylic acids is 2. The van der Waals surface area contributed by atoms with Crippen LogP contribution in [0.1, 0.15) is 26.9 Å². The van der Waals surface area contributed by atoms with E-state index in [0.29, 0.717) is 22.6 Å². The largest absolute Gasteiger partial charge is 0.322 e. The molecule has 44 heavy (non-hydrogen) atoms. The Morgan fingerprint density at radius 2 is 1.41 bits per heavy atom. The molecule has 0 aliphatic carbocycles. The van der Waals surface area contributed by atoms with E-state index in [4.69, 9.17) is 0 Å². The number of carbonyl (C=O) groups is 2. The lowest BCUT2D eigenvalue weighted by atomic mass is 10.1. The number of benzene rings is 5. The summed E-state index contributed by atoms with van der Waals surface area (Å²) in [5.41, 5.74) is 3.24. The minimum Gasteiger partial charge on any atom is -0.322 e. The average Bonchev–Trinajstić information content (AvgIpc) is 3.26. The zero-order valence-electron chi connectivity index (χ0n) is 24.2. The zero-order valence-corrected chi connectivity index (χ0v) is 25.0. The van der Waals surface area contributed by atoms with Crippen LogP contribution in [0.4, 0.5) is 11.4 Å². The second kappa shape index (κ2) is 12.5. The van der Waals surface area contributed by atoms with Gasteiger partial charge in [-0.1, -0.05) is 84.9 Å². The summed E-state index contributed by atoms with van der Waals surface area (Å²) >= 11 is 1.35. The molecule has 2 N–H and O–H groups in total. The predicted molar refractivity (Wildman–Crippen MR) is 178 cm³/mol. The van der Waals surface area contributed by atoms with E-state index in [1.165, 1.54) is 16.4 Å². The smallest absolute Gasteiger partial charge is 0.295 e. The molecular weight excluding hydrogens is 568 g/mol. The number of thioether (sulfide) groups is 1. The van der Waals surface area contributed by atoms with Crippen molar-refractivity contribution >= 4 is 45.7 Å². The van der Waals surface area contributed by atoms with Gasteiger partial charge in [-0.05, 0) is 65.7 Å². The third kappa shape index (κ3) is 5.93. The Kier molecular flexibility index (Phi) is 8.16. The number of hydrogen-bond acceptors (Lipinski definition) is 4. The van der Waals surface area contributed by atoms with Gasteiger partial charge in [-0.2, -0.15) is 0 Å². The van der Waals surface area contributed by atoms with Crippen LogP contribution in [0.15, 0.2) is 137 Å². The first-order valence-corrected chi connectivity index (χ1v) is 15.0. The molecule has 6 rings (SSSR count). The van der Waals surface area contributed by atoms with Gasteiger partial charge in [-0.15, -0.1) is 11.8 Å². The van der Waals surface area contributed by atoms with E-state index >= 15 is 0 Å². The SMILES string of the molecule is Cc1c(NC(=O)C(Sc2cccc(NC(=O)c3ccc4ccccc4c3)c2)c2ccccc2)c(=O)n(-c2ccccc2)n1C. The molecule has 6 aromatic rings. The number of para-hydroxylation sites is 1. The molecule has 1 unspecified atom stereocenters. The van der Waals surface area contributed by atoms with Crippen LogP contribution in [0.2, 0.25) is 0 Å². The fourth-order valence-corrected chi connectivity index (χ4v) is 6.20. The van der Waals surface area contributed by atoms with Crippen LogP contribution in [0.3, 0.4) is 0 Å². The van der Waals surface area contributed by atoms with Crippen molar-refractivity contribution in [2.24, 2.45) is 7.05 Å². The molecular formula is C36H30N4O3S. The Balaban J connectivity index is 1.25. The first-order chi connectivity index (χ1) is 21.4. The molecule has 7 nitrogen and oxygen atoms in total. The van der Waals surface area contributed by atoms with Crippen LogP contribution in [0, 0.1) is 6.92 Å². The van der Waals surface area contributed by atoms with Crippen molar-refractivity contribution in [3.63, 3.8) is 0 Å². The monoisotopic (exact) mass is 598 g/mol. The molecule has 8 heteroatoms. The molecule has 0 aliphatic heterocycles. The van der Waals surface area contributed by atoms with E-state index in [-0.39, 0.29) is 23.1 Å². The number of nitrogens with zero attached hydrogens (tertiary/aromatic N) is 2. The van der Waals surface area contributed by atoms with E-state index in [2.05, 4.69) is 10.6 Å². The van der Waals surface area contributed by atoms with Gasteiger partial charge in [0.25, 0.3) is 11.5 Å². The molecule has 0 spiro atoms. The quantitative estimate of drug-likeness (QED) is 0.179. The van der Waals surface area contributed by atoms with E-state index in [1.807, 2.05) is 134 Å². The van der Waals surface area contributed by atoms with Crippen molar-refractivity contribution in [1.29, 1.82) is 0 Å². The summed E-state index contributed by atoms with van der Waals surface area (Å²) in [5.74, 6) is -0.540. The minimum atomic E-state index is -0.660. The summed E-state index contributed by atoms with van der Waals surface area (Å²) in [6.45, 7) is 1.81. The molecule has 2 amide bonds. The van der Waals surface area contributed by atoms with Gasteiger partial charge in [0.15, 0.2) is 0 Å². The summed E-state index contributed by atoms with van der Waals surface area (Å²) in [6.07, 6.45) is 0. The summed E-state index contributed by atoms with van der Waals surface area (Å²) < 4.78 is 3.27. The second-order valence-corrected chi connectivity index (χ2v) is 11.6. The first kappa shape index (κ1) is 28.8. The summed E-state index contributed by atoms with van der Waals surface area (Å²) in [6, 6.07) is 39.7. The number of anilines is 2. The Morgan fingerprint density at radius 3 is 2.16 bits per heavy atom. The van der Waals surface area contributed by atoms with Crippen molar-refractivity contribution in [3.05, 3.63) is 155 Å². The third-order valence-electron chi connectivity index (χ3n) is 7.50. The lowest BCUT2D eigenvalue weighted by Crippen LogP contribution is -2.25. The van der Waals surface area contributed by atoms with Crippen LogP contribution in [-0.4, -0.2) is 21.2 Å². The lowest BCUT2D eigenvalue weighted by molar-refractivity contribution is -0.115. The summed E-state index contributed by atoms with van der Waals surface area (Å²) in [7, 11) is 1.79. The number of hydrogen-bond donors (Lipinski definition) is 2. The Labute approximate surface area is 259 Å². The van der Waals surface area contributed by atoms with Gasteiger partial charge in [0.05, 0.1) is 11.4 Å². The maximum Gasteiger partial charge on any atom is 0.295 e. The molecule has 0 radical (unpaired) electrons. The standard InChI is InChI=1S/C36H30N4O3S/c1-24-32(36(43)40(39(24)2)30-17-7-4-8-18-30)38-35(42)33(26-13-5-3-6-14-26)44-31-19-11-16-29(23-31)37-34(41)28-21-20-25-12-9-10-15-27(25)22-28/h3-23,33H,1-2H3,(H,37,41)(H,38,42). The third-order valence-corrected chi connectivity index (χ3v) is 8.75. The van der Waals surface area contributed by atoms with Gasteiger partial charge in [0.1, 0.15) is 10.9 Å². The van der Waals surface area contributed by atoms with Gasteiger partial charge in [-0.25, -0.2) is 4.68 Å². The molecule has 1 aromatic heterocycles. The topological polar surface area (TPSA) is 85.1 Å². The van der Waals surface area contributed by atoms with Crippen LogP contribution in [0.5, 0.6) is 0 Å². The lowest BCUT2D eigenvalue weighted by Gasteiger charge is -2.17. The fourth-order valence-electron chi connectivity index (χ4n) is 5.12. The summed E-state index contributed by atoms with van der Waals surface area (Å²) in [5, 5.41) is 7.31. The van der Waals surface area contributed by atoms with Crippen molar-refractivity contribution < 1.29 is 9.59 Å². The highest BCUT2D eigenvalue weighted by molar-refractivity contribution is 8.00. The van der Waals surface area contributed by atoms with E-state index in [9.17, 15) is 14.4 Å². The van der Waals surface area contributed by atoms with Gasteiger partial charge < -0.3 is 10.6 Å². The van der Waals surface area contributed by atoms with Crippen molar-refractivity contribution in [2.45, 2.75) is 17.1 Å². The molecule has 1 atom stereocenters. The van der Waals surface area contributed by atoms with Crippen molar-refractivity contribution in [3.8, 4) is 5.69 Å². The highest BCUT2D eigenvalue weighted by Gasteiger charge is 2.26. The number of rotatable bonds is 8. The molecule has 1 heterocycles. The van der Waals surface area contributed by atoms with Crippen LogP contribution in [0.25, 0.3) is 16.5 Å². The number of fused-ring (bicyclic) bond motifs is 1. The molecule has 0 saturated heterocycles. The highest BCUT2D eigenvalue weighted by atomic mass is 32.2. The number of aromatic nitrogens is 2. The molecule has 0 saturated carbocycles. The molecule has 0 aliphatic rings. The van der Waals surface area contributed by atoms with E-state index < -0.39 is 5.25 Å². The minimum absolute atomic E-state index is 0.218. The zero-order chi connectivity index (χ0) is 30.6. The molecule has 0 fully saturated rings. The van der Waals surface area contributed by atoms with Crippen LogP contribution < -0.4 is 16.2 Å². The molecule has 5 aromatic carbocycles. The molecule has 218 valence electrons. The Bertz CT molecular complexity index is 2030. The maximum absolute atomic E-state index is 13.9. The van der Waals surface area contributed by atoms with Crippen LogP contribution in [-0.2, 0) is 11.8 Å². The van der Waals surface area contributed by atoms with Gasteiger partial charge in [0.2, 0.25) is 5.91 Å². The van der Waals surface area contributed by atoms with E-state index in [1.54, 1.807) is 11.7 Å². The van der Waals surface area contributed by atoms with Gasteiger partial charge in [0, 0.05) is 23.2 Å². The van der Waals surface area contributed by atoms with E-state index in [0.717, 1.165) is 21.2 Å².